The molecule has 1 atom stereocenters. The molecule has 0 aromatic heterocycles. The summed E-state index contributed by atoms with van der Waals surface area (Å²) in [6.45, 7) is 0. The zero-order valence-electron chi connectivity index (χ0n) is 15.8. The summed E-state index contributed by atoms with van der Waals surface area (Å²) < 4.78 is 51.3. The van der Waals surface area contributed by atoms with Gasteiger partial charge in [-0.2, -0.15) is 0 Å². The van der Waals surface area contributed by atoms with Gasteiger partial charge >= 0.3 is 12.3 Å². The van der Waals surface area contributed by atoms with Crippen LogP contribution in [-0.2, 0) is 9.53 Å². The van der Waals surface area contributed by atoms with E-state index in [-0.39, 0.29) is 12.2 Å². The van der Waals surface area contributed by atoms with E-state index in [1.165, 1.54) is 43.5 Å². The smallest absolute Gasteiger partial charge is 0.475 e. The van der Waals surface area contributed by atoms with Gasteiger partial charge in [-0.3, -0.25) is 4.79 Å². The Kier molecular flexibility index (Phi) is 5.96. The Morgan fingerprint density at radius 1 is 1.03 bits per heavy atom. The lowest BCUT2D eigenvalue weighted by Gasteiger charge is -2.29. The lowest BCUT2D eigenvalue weighted by Crippen LogP contribution is -2.37. The van der Waals surface area contributed by atoms with Crippen LogP contribution in [0.15, 0.2) is 66.8 Å². The van der Waals surface area contributed by atoms with Crippen LogP contribution in [0, 0.1) is 0 Å². The summed E-state index contributed by atoms with van der Waals surface area (Å²) in [5.41, 5.74) is 0.378. The molecule has 0 aliphatic heterocycles. The highest BCUT2D eigenvalue weighted by molar-refractivity contribution is 5.89. The standard InChI is InChI=1S/C22H17F3O5/c1-28-20(27)16-6-10-18(11-7-16)29-21(14-26)12-2-3-17(13-21)15-4-8-19(9-5-15)30-22(23,24)25/h2-12,14H,13H2,1H3. The Hall–Kier alpha value is -3.55. The number of allylic oxidation sites excluding steroid dienone is 2. The molecule has 0 saturated carbocycles. The molecule has 8 heteroatoms. The molecule has 0 radical (unpaired) electrons. The molecule has 156 valence electrons. The average Bonchev–Trinajstić information content (AvgIpc) is 2.73. The van der Waals surface area contributed by atoms with Crippen LogP contribution in [0.2, 0.25) is 0 Å². The highest BCUT2D eigenvalue weighted by atomic mass is 19.4. The van der Waals surface area contributed by atoms with E-state index in [1.807, 2.05) is 0 Å². The van der Waals surface area contributed by atoms with E-state index in [0.717, 1.165) is 0 Å². The van der Waals surface area contributed by atoms with Crippen LogP contribution in [0.3, 0.4) is 0 Å². The Labute approximate surface area is 170 Å². The average molecular weight is 418 g/mol. The molecule has 5 nitrogen and oxygen atoms in total. The van der Waals surface area contributed by atoms with Gasteiger partial charge in [0.15, 0.2) is 11.9 Å². The number of carbonyl (C=O) groups is 2. The Morgan fingerprint density at radius 2 is 1.67 bits per heavy atom. The quantitative estimate of drug-likeness (QED) is 0.501. The summed E-state index contributed by atoms with van der Waals surface area (Å²) in [4.78, 5) is 23.4. The number of hydrogen-bond donors (Lipinski definition) is 0. The first kappa shape index (κ1) is 21.2. The van der Waals surface area contributed by atoms with Gasteiger partial charge in [0.1, 0.15) is 11.5 Å². The first-order valence-electron chi connectivity index (χ1n) is 8.82. The molecular formula is C22H17F3O5. The molecular weight excluding hydrogens is 401 g/mol. The molecule has 0 bridgehead atoms. The number of rotatable bonds is 6. The molecule has 0 fully saturated rings. The van der Waals surface area contributed by atoms with Crippen molar-refractivity contribution in [3.8, 4) is 11.5 Å². The van der Waals surface area contributed by atoms with E-state index in [1.54, 1.807) is 30.4 Å². The molecule has 3 rings (SSSR count). The molecule has 0 saturated heterocycles. The third kappa shape index (κ3) is 5.08. The monoisotopic (exact) mass is 418 g/mol. The van der Waals surface area contributed by atoms with Crippen molar-refractivity contribution in [3.05, 3.63) is 77.9 Å². The largest absolute Gasteiger partial charge is 0.573 e. The summed E-state index contributed by atoms with van der Waals surface area (Å²) in [5, 5.41) is 0. The van der Waals surface area contributed by atoms with Crippen molar-refractivity contribution in [1.82, 2.24) is 0 Å². The SMILES string of the molecule is COC(=O)c1ccc(OC2(C=O)C=CC=C(c3ccc(OC(F)(F)F)cc3)C2)cc1. The van der Waals surface area contributed by atoms with Crippen LogP contribution in [-0.4, -0.2) is 31.3 Å². The van der Waals surface area contributed by atoms with Crippen LogP contribution < -0.4 is 9.47 Å². The zero-order valence-corrected chi connectivity index (χ0v) is 15.8. The van der Waals surface area contributed by atoms with Gasteiger partial charge in [0.25, 0.3) is 0 Å². The predicted molar refractivity (Wildman–Crippen MR) is 102 cm³/mol. The minimum Gasteiger partial charge on any atom is -0.475 e. The minimum atomic E-state index is -4.77. The Balaban J connectivity index is 1.75. The maximum absolute atomic E-state index is 12.3. The molecule has 0 N–H and O–H groups in total. The summed E-state index contributed by atoms with van der Waals surface area (Å²) in [5.74, 6) is -0.455. The van der Waals surface area contributed by atoms with Crippen molar-refractivity contribution in [2.45, 2.75) is 18.4 Å². The molecule has 0 spiro atoms. The van der Waals surface area contributed by atoms with E-state index >= 15 is 0 Å². The highest BCUT2D eigenvalue weighted by Crippen LogP contribution is 2.34. The van der Waals surface area contributed by atoms with Crippen molar-refractivity contribution in [2.24, 2.45) is 0 Å². The van der Waals surface area contributed by atoms with Crippen molar-refractivity contribution in [2.75, 3.05) is 7.11 Å². The molecule has 1 aliphatic rings. The van der Waals surface area contributed by atoms with E-state index in [2.05, 4.69) is 9.47 Å². The fourth-order valence-electron chi connectivity index (χ4n) is 2.98. The molecule has 1 unspecified atom stereocenters. The molecule has 1 aliphatic carbocycles. The van der Waals surface area contributed by atoms with Crippen molar-refractivity contribution >= 4 is 17.8 Å². The maximum Gasteiger partial charge on any atom is 0.573 e. The lowest BCUT2D eigenvalue weighted by atomic mass is 9.87. The molecule has 0 amide bonds. The second-order valence-corrected chi connectivity index (χ2v) is 6.49. The van der Waals surface area contributed by atoms with E-state index in [9.17, 15) is 22.8 Å². The molecule has 0 heterocycles. The van der Waals surface area contributed by atoms with Gasteiger partial charge in [0.2, 0.25) is 0 Å². The van der Waals surface area contributed by atoms with E-state index in [0.29, 0.717) is 28.7 Å². The van der Waals surface area contributed by atoms with Crippen molar-refractivity contribution < 1.29 is 37.0 Å². The lowest BCUT2D eigenvalue weighted by molar-refractivity contribution is -0.274. The third-order valence-corrected chi connectivity index (χ3v) is 4.38. The number of alkyl halides is 3. The van der Waals surface area contributed by atoms with Gasteiger partial charge < -0.3 is 14.2 Å². The van der Waals surface area contributed by atoms with Gasteiger partial charge in [-0.05, 0) is 53.6 Å². The van der Waals surface area contributed by atoms with E-state index in [4.69, 9.17) is 4.74 Å². The van der Waals surface area contributed by atoms with Crippen LogP contribution in [0.5, 0.6) is 11.5 Å². The number of methoxy groups -OCH3 is 1. The Morgan fingerprint density at radius 3 is 2.23 bits per heavy atom. The van der Waals surface area contributed by atoms with Crippen LogP contribution >= 0.6 is 0 Å². The summed E-state index contributed by atoms with van der Waals surface area (Å²) >= 11 is 0. The molecule has 2 aromatic rings. The summed E-state index contributed by atoms with van der Waals surface area (Å²) in [7, 11) is 1.27. The zero-order chi connectivity index (χ0) is 21.8. The highest BCUT2D eigenvalue weighted by Gasteiger charge is 2.33. The van der Waals surface area contributed by atoms with E-state index < -0.39 is 17.9 Å². The number of carbonyl (C=O) groups excluding carboxylic acids is 2. The van der Waals surface area contributed by atoms with Crippen LogP contribution in [0.4, 0.5) is 13.2 Å². The fourth-order valence-corrected chi connectivity index (χ4v) is 2.98. The van der Waals surface area contributed by atoms with Crippen LogP contribution in [0.25, 0.3) is 5.57 Å². The van der Waals surface area contributed by atoms with Gasteiger partial charge in [-0.25, -0.2) is 4.79 Å². The Bertz CT molecular complexity index is 975. The van der Waals surface area contributed by atoms with Crippen molar-refractivity contribution in [1.29, 1.82) is 0 Å². The summed E-state index contributed by atoms with van der Waals surface area (Å²) in [6, 6.07) is 11.5. The number of benzene rings is 2. The van der Waals surface area contributed by atoms with Crippen molar-refractivity contribution in [3.63, 3.8) is 0 Å². The van der Waals surface area contributed by atoms with Gasteiger partial charge in [0, 0.05) is 6.42 Å². The van der Waals surface area contributed by atoms with Crippen LogP contribution in [0.1, 0.15) is 22.3 Å². The number of aldehydes is 1. The number of halogens is 3. The molecule has 2 aromatic carbocycles. The number of ether oxygens (including phenoxy) is 3. The summed E-state index contributed by atoms with van der Waals surface area (Å²) in [6.07, 6.45) is 1.06. The molecule has 30 heavy (non-hydrogen) atoms. The second kappa shape index (κ2) is 8.44. The normalized spacial score (nSPS) is 18.3. The fraction of sp³-hybridized carbons (Fsp3) is 0.182. The predicted octanol–water partition coefficient (Wildman–Crippen LogP) is 4.73. The second-order valence-electron chi connectivity index (χ2n) is 6.49. The van der Waals surface area contributed by atoms with Gasteiger partial charge in [-0.1, -0.05) is 24.3 Å². The number of esters is 1. The maximum atomic E-state index is 12.3. The topological polar surface area (TPSA) is 61.8 Å². The van der Waals surface area contributed by atoms with Gasteiger partial charge in [-0.15, -0.1) is 13.2 Å². The van der Waals surface area contributed by atoms with Gasteiger partial charge in [0.05, 0.1) is 12.7 Å². The first-order valence-corrected chi connectivity index (χ1v) is 8.82. The number of hydrogen-bond acceptors (Lipinski definition) is 5. The first-order chi connectivity index (χ1) is 14.2. The third-order valence-electron chi connectivity index (χ3n) is 4.38. The minimum absolute atomic E-state index is 0.172.